The summed E-state index contributed by atoms with van der Waals surface area (Å²) in [5, 5.41) is 9.89. The molecule has 2 rings (SSSR count). The summed E-state index contributed by atoms with van der Waals surface area (Å²) in [4.78, 5) is 0. The average molecular weight is 297 g/mol. The Kier molecular flexibility index (Phi) is 5.10. The van der Waals surface area contributed by atoms with Crippen LogP contribution in [0.4, 0.5) is 8.78 Å². The van der Waals surface area contributed by atoms with Gasteiger partial charge in [-0.3, -0.25) is 0 Å². The van der Waals surface area contributed by atoms with E-state index >= 15 is 0 Å². The maximum atomic E-state index is 13.7. The molecule has 1 nitrogen and oxygen atoms in total. The van der Waals surface area contributed by atoms with Gasteiger partial charge in [0.05, 0.1) is 0 Å². The predicted molar refractivity (Wildman–Crippen MR) is 75.8 cm³/mol. The van der Waals surface area contributed by atoms with Gasteiger partial charge in [0, 0.05) is 11.6 Å². The fraction of sp³-hybridized carbons (Fsp3) is 0.250. The van der Waals surface area contributed by atoms with E-state index in [0.717, 1.165) is 5.56 Å². The standard InChI is InChI=1S/C16H15ClF2O/c17-14-4-5-16(19)13(9-14)7-12(10-20)6-11-2-1-3-15(18)8-11/h1-5,8-9,12,20H,6-7,10H2. The average Bonchev–Trinajstić information content (AvgIpc) is 2.42. The summed E-state index contributed by atoms with van der Waals surface area (Å²) in [5.74, 6) is -0.829. The lowest BCUT2D eigenvalue weighted by atomic mass is 9.93. The number of aliphatic hydroxyl groups is 1. The van der Waals surface area contributed by atoms with Gasteiger partial charge in [-0.1, -0.05) is 23.7 Å². The first-order valence-electron chi connectivity index (χ1n) is 6.37. The quantitative estimate of drug-likeness (QED) is 0.884. The van der Waals surface area contributed by atoms with Gasteiger partial charge in [0.15, 0.2) is 0 Å². The Bertz CT molecular complexity index is 586. The summed E-state index contributed by atoms with van der Waals surface area (Å²) in [6.07, 6.45) is 0.847. The van der Waals surface area contributed by atoms with E-state index in [2.05, 4.69) is 0 Å². The van der Waals surface area contributed by atoms with Crippen LogP contribution in [-0.4, -0.2) is 11.7 Å². The zero-order valence-electron chi connectivity index (χ0n) is 10.8. The molecule has 2 aromatic carbocycles. The van der Waals surface area contributed by atoms with Crippen LogP contribution in [0.25, 0.3) is 0 Å². The highest BCUT2D eigenvalue weighted by Gasteiger charge is 2.13. The van der Waals surface area contributed by atoms with Crippen molar-refractivity contribution in [2.75, 3.05) is 6.61 Å². The molecule has 0 heterocycles. The van der Waals surface area contributed by atoms with Gasteiger partial charge in [-0.2, -0.15) is 0 Å². The molecule has 0 aliphatic heterocycles. The Morgan fingerprint density at radius 1 is 1.05 bits per heavy atom. The molecule has 0 bridgehead atoms. The lowest BCUT2D eigenvalue weighted by Crippen LogP contribution is -2.14. The van der Waals surface area contributed by atoms with Crippen molar-refractivity contribution in [2.24, 2.45) is 5.92 Å². The second-order valence-corrected chi connectivity index (χ2v) is 5.26. The molecular formula is C16H15ClF2O. The Balaban J connectivity index is 2.11. The van der Waals surface area contributed by atoms with Crippen LogP contribution in [0.3, 0.4) is 0 Å². The zero-order chi connectivity index (χ0) is 14.5. The van der Waals surface area contributed by atoms with E-state index in [1.54, 1.807) is 18.2 Å². The van der Waals surface area contributed by atoms with Gasteiger partial charge < -0.3 is 5.11 Å². The first-order valence-corrected chi connectivity index (χ1v) is 6.75. The molecule has 4 heteroatoms. The largest absolute Gasteiger partial charge is 0.396 e. The van der Waals surface area contributed by atoms with Gasteiger partial charge in [0.2, 0.25) is 0 Å². The van der Waals surface area contributed by atoms with Crippen molar-refractivity contribution in [1.29, 1.82) is 0 Å². The van der Waals surface area contributed by atoms with Gasteiger partial charge in [0.25, 0.3) is 0 Å². The number of benzene rings is 2. The van der Waals surface area contributed by atoms with Crippen molar-refractivity contribution in [3.8, 4) is 0 Å². The molecule has 0 saturated heterocycles. The van der Waals surface area contributed by atoms with Crippen LogP contribution in [0, 0.1) is 17.6 Å². The summed E-state index contributed by atoms with van der Waals surface area (Å²) in [7, 11) is 0. The summed E-state index contributed by atoms with van der Waals surface area (Å²) in [6.45, 7) is -0.0948. The zero-order valence-corrected chi connectivity index (χ0v) is 11.6. The van der Waals surface area contributed by atoms with Crippen LogP contribution in [0.1, 0.15) is 11.1 Å². The van der Waals surface area contributed by atoms with Gasteiger partial charge >= 0.3 is 0 Å². The molecule has 0 aromatic heterocycles. The van der Waals surface area contributed by atoms with Crippen molar-refractivity contribution in [3.63, 3.8) is 0 Å². The fourth-order valence-corrected chi connectivity index (χ4v) is 2.40. The number of halogens is 3. The normalized spacial score (nSPS) is 12.4. The summed E-state index contributed by atoms with van der Waals surface area (Å²) in [6, 6.07) is 10.6. The molecule has 0 radical (unpaired) electrons. The van der Waals surface area contributed by atoms with Gasteiger partial charge in [-0.05, 0) is 60.2 Å². The molecule has 106 valence electrons. The van der Waals surface area contributed by atoms with Crippen molar-refractivity contribution < 1.29 is 13.9 Å². The highest BCUT2D eigenvalue weighted by molar-refractivity contribution is 6.30. The summed E-state index contributed by atoms with van der Waals surface area (Å²) >= 11 is 5.85. The monoisotopic (exact) mass is 296 g/mol. The minimum absolute atomic E-state index is 0.0948. The van der Waals surface area contributed by atoms with Crippen molar-refractivity contribution in [3.05, 3.63) is 70.2 Å². The highest BCUT2D eigenvalue weighted by Crippen LogP contribution is 2.20. The van der Waals surface area contributed by atoms with Crippen LogP contribution in [0.5, 0.6) is 0 Å². The highest BCUT2D eigenvalue weighted by atomic mass is 35.5. The molecule has 0 fully saturated rings. The van der Waals surface area contributed by atoms with E-state index in [1.165, 1.54) is 24.3 Å². The van der Waals surface area contributed by atoms with Gasteiger partial charge in [0.1, 0.15) is 11.6 Å². The third-order valence-corrected chi connectivity index (χ3v) is 3.42. The van der Waals surface area contributed by atoms with Crippen molar-refractivity contribution >= 4 is 11.6 Å². The van der Waals surface area contributed by atoms with Crippen LogP contribution in [0.2, 0.25) is 5.02 Å². The van der Waals surface area contributed by atoms with E-state index in [0.29, 0.717) is 23.4 Å². The maximum Gasteiger partial charge on any atom is 0.126 e. The molecule has 1 unspecified atom stereocenters. The van der Waals surface area contributed by atoms with E-state index in [4.69, 9.17) is 11.6 Å². The SMILES string of the molecule is OCC(Cc1cccc(F)c1)Cc1cc(Cl)ccc1F. The summed E-state index contributed by atoms with van der Waals surface area (Å²) < 4.78 is 26.8. The second kappa shape index (κ2) is 6.82. The van der Waals surface area contributed by atoms with Gasteiger partial charge in [-0.15, -0.1) is 0 Å². The number of hydrogen-bond acceptors (Lipinski definition) is 1. The molecular weight excluding hydrogens is 282 g/mol. The predicted octanol–water partition coefficient (Wildman–Crippen LogP) is 4.01. The lowest BCUT2D eigenvalue weighted by molar-refractivity contribution is 0.224. The molecule has 0 aliphatic rings. The van der Waals surface area contributed by atoms with Crippen molar-refractivity contribution in [1.82, 2.24) is 0 Å². The summed E-state index contributed by atoms with van der Waals surface area (Å²) in [5.41, 5.74) is 1.25. The smallest absolute Gasteiger partial charge is 0.126 e. The molecule has 20 heavy (non-hydrogen) atoms. The molecule has 0 spiro atoms. The van der Waals surface area contributed by atoms with Crippen molar-refractivity contribution in [2.45, 2.75) is 12.8 Å². The van der Waals surface area contributed by atoms with E-state index in [9.17, 15) is 13.9 Å². The number of aliphatic hydroxyl groups excluding tert-OH is 1. The Hall–Kier alpha value is -1.45. The molecule has 2 aromatic rings. The van der Waals surface area contributed by atoms with E-state index < -0.39 is 0 Å². The third-order valence-electron chi connectivity index (χ3n) is 3.19. The van der Waals surface area contributed by atoms with Gasteiger partial charge in [-0.25, -0.2) is 8.78 Å². The van der Waals surface area contributed by atoms with E-state index in [1.807, 2.05) is 0 Å². The van der Waals surface area contributed by atoms with Crippen LogP contribution in [0.15, 0.2) is 42.5 Å². The Morgan fingerprint density at radius 2 is 1.85 bits per heavy atom. The first kappa shape index (κ1) is 14.9. The van der Waals surface area contributed by atoms with Crippen LogP contribution in [-0.2, 0) is 12.8 Å². The Labute approximate surface area is 121 Å². The molecule has 1 atom stereocenters. The topological polar surface area (TPSA) is 20.2 Å². The Morgan fingerprint density at radius 3 is 2.55 bits per heavy atom. The minimum Gasteiger partial charge on any atom is -0.396 e. The molecule has 0 saturated carbocycles. The molecule has 1 N–H and O–H groups in total. The van der Waals surface area contributed by atoms with E-state index in [-0.39, 0.29) is 24.2 Å². The van der Waals surface area contributed by atoms with Crippen LogP contribution < -0.4 is 0 Å². The first-order chi connectivity index (χ1) is 9.58. The van der Waals surface area contributed by atoms with Crippen LogP contribution >= 0.6 is 11.6 Å². The maximum absolute atomic E-state index is 13.7. The third kappa shape index (κ3) is 4.02. The molecule has 0 aliphatic carbocycles. The minimum atomic E-state index is -0.341. The number of rotatable bonds is 5. The lowest BCUT2D eigenvalue weighted by Gasteiger charge is -2.15. The second-order valence-electron chi connectivity index (χ2n) is 4.82. The fourth-order valence-electron chi connectivity index (χ4n) is 2.21. The number of hydrogen-bond donors (Lipinski definition) is 1. The molecule has 0 amide bonds.